The Morgan fingerprint density at radius 3 is 2.19 bits per heavy atom. The van der Waals surface area contributed by atoms with Crippen LogP contribution in [0.5, 0.6) is 5.75 Å². The van der Waals surface area contributed by atoms with Crippen molar-refractivity contribution in [1.29, 1.82) is 0 Å². The first kappa shape index (κ1) is 27.9. The van der Waals surface area contributed by atoms with Gasteiger partial charge in [-0.25, -0.2) is 0 Å². The highest BCUT2D eigenvalue weighted by Crippen LogP contribution is 2.42. The van der Waals surface area contributed by atoms with Gasteiger partial charge in [0.2, 0.25) is 0 Å². The van der Waals surface area contributed by atoms with E-state index in [0.29, 0.717) is 23.4 Å². The Morgan fingerprint density at radius 1 is 0.972 bits per heavy atom. The summed E-state index contributed by atoms with van der Waals surface area (Å²) >= 11 is 3.40. The molecule has 7 heteroatoms. The molecule has 2 aromatic carbocycles. The summed E-state index contributed by atoms with van der Waals surface area (Å²) in [5.74, 6) is -0.853. The molecule has 1 unspecified atom stereocenters. The van der Waals surface area contributed by atoms with Crippen molar-refractivity contribution in [1.82, 2.24) is 9.80 Å². The van der Waals surface area contributed by atoms with Crippen molar-refractivity contribution < 1.29 is 19.4 Å². The van der Waals surface area contributed by atoms with Gasteiger partial charge in [0.05, 0.1) is 18.7 Å². The highest BCUT2D eigenvalue weighted by atomic mass is 79.9. The fourth-order valence-electron chi connectivity index (χ4n) is 4.65. The number of unbranched alkanes of at least 4 members (excludes halogenated alkanes) is 2. The summed E-state index contributed by atoms with van der Waals surface area (Å²) in [5, 5.41) is 11.2. The molecule has 194 valence electrons. The van der Waals surface area contributed by atoms with Crippen LogP contribution >= 0.6 is 15.9 Å². The van der Waals surface area contributed by atoms with E-state index in [0.717, 1.165) is 56.2 Å². The number of benzene rings is 2. The number of hydrogen-bond donors (Lipinski definition) is 1. The number of carbonyl (C=O) groups is 2. The molecule has 1 amide bonds. The van der Waals surface area contributed by atoms with Crippen molar-refractivity contribution in [2.45, 2.75) is 52.0 Å². The summed E-state index contributed by atoms with van der Waals surface area (Å²) in [6.07, 6.45) is 5.30. The Labute approximate surface area is 223 Å². The summed E-state index contributed by atoms with van der Waals surface area (Å²) in [5.41, 5.74) is 1.27. The molecule has 1 aliphatic heterocycles. The van der Waals surface area contributed by atoms with Crippen LogP contribution < -0.4 is 4.74 Å². The maximum Gasteiger partial charge on any atom is 0.295 e. The van der Waals surface area contributed by atoms with Crippen molar-refractivity contribution in [2.24, 2.45) is 0 Å². The van der Waals surface area contributed by atoms with Gasteiger partial charge in [-0.15, -0.1) is 0 Å². The summed E-state index contributed by atoms with van der Waals surface area (Å²) in [7, 11) is 1.57. The number of aliphatic hydroxyl groups excluding tert-OH is 1. The molecule has 1 heterocycles. The third-order valence-electron chi connectivity index (χ3n) is 6.62. The van der Waals surface area contributed by atoms with Crippen LogP contribution in [0.3, 0.4) is 0 Å². The highest BCUT2D eigenvalue weighted by molar-refractivity contribution is 9.10. The van der Waals surface area contributed by atoms with Crippen LogP contribution in [0.1, 0.15) is 63.1 Å². The smallest absolute Gasteiger partial charge is 0.295 e. The molecule has 36 heavy (non-hydrogen) atoms. The van der Waals surface area contributed by atoms with Gasteiger partial charge < -0.3 is 19.6 Å². The molecule has 0 aromatic heterocycles. The molecule has 1 N–H and O–H groups in total. The van der Waals surface area contributed by atoms with Crippen LogP contribution in [0.15, 0.2) is 58.6 Å². The van der Waals surface area contributed by atoms with E-state index in [1.54, 1.807) is 36.3 Å². The van der Waals surface area contributed by atoms with E-state index in [1.165, 1.54) is 0 Å². The molecule has 1 saturated heterocycles. The summed E-state index contributed by atoms with van der Waals surface area (Å²) in [4.78, 5) is 30.6. The zero-order valence-electron chi connectivity index (χ0n) is 21.5. The van der Waals surface area contributed by atoms with Gasteiger partial charge >= 0.3 is 0 Å². The average molecular weight is 558 g/mol. The molecule has 3 rings (SSSR count). The quantitative estimate of drug-likeness (QED) is 0.181. The standard InChI is InChI=1S/C29H37BrN2O4/c1-4-6-17-31(18-7-5-2)19-10-20-32-26(23-11-8-9-12-24(23)36-3)25(28(34)29(32)35)27(33)21-13-15-22(30)16-14-21/h8-9,11-16,26,33H,4-7,10,17-20H2,1-3H3/b27-25-. The number of nitrogens with zero attached hydrogens (tertiary/aromatic N) is 2. The second-order valence-corrected chi connectivity index (χ2v) is 10.1. The number of rotatable bonds is 13. The second-order valence-electron chi connectivity index (χ2n) is 9.14. The van der Waals surface area contributed by atoms with Crippen molar-refractivity contribution in [2.75, 3.05) is 33.3 Å². The number of methoxy groups -OCH3 is 1. The molecular weight excluding hydrogens is 520 g/mol. The minimum absolute atomic E-state index is 0.0978. The van der Waals surface area contributed by atoms with Crippen LogP contribution in [0.2, 0.25) is 0 Å². The van der Waals surface area contributed by atoms with Gasteiger partial charge in [0.1, 0.15) is 11.5 Å². The maximum atomic E-state index is 13.3. The van der Waals surface area contributed by atoms with Gasteiger partial charge in [-0.1, -0.05) is 73.0 Å². The van der Waals surface area contributed by atoms with E-state index in [4.69, 9.17) is 4.74 Å². The van der Waals surface area contributed by atoms with E-state index < -0.39 is 17.7 Å². The lowest BCUT2D eigenvalue weighted by molar-refractivity contribution is -0.140. The van der Waals surface area contributed by atoms with Crippen LogP contribution in [0.4, 0.5) is 0 Å². The highest BCUT2D eigenvalue weighted by Gasteiger charge is 2.46. The third-order valence-corrected chi connectivity index (χ3v) is 7.15. The second kappa shape index (κ2) is 13.6. The number of carbonyl (C=O) groups excluding carboxylic acids is 2. The van der Waals surface area contributed by atoms with Gasteiger partial charge in [-0.05, 0) is 57.1 Å². The van der Waals surface area contributed by atoms with Gasteiger partial charge in [0.15, 0.2) is 0 Å². The number of hydrogen-bond acceptors (Lipinski definition) is 5. The van der Waals surface area contributed by atoms with Crippen molar-refractivity contribution >= 4 is 33.4 Å². The summed E-state index contributed by atoms with van der Waals surface area (Å²) < 4.78 is 6.45. The lowest BCUT2D eigenvalue weighted by Gasteiger charge is -2.28. The minimum atomic E-state index is -0.718. The monoisotopic (exact) mass is 556 g/mol. The van der Waals surface area contributed by atoms with E-state index in [-0.39, 0.29) is 11.3 Å². The van der Waals surface area contributed by atoms with Crippen LogP contribution in [-0.4, -0.2) is 59.9 Å². The predicted octanol–water partition coefficient (Wildman–Crippen LogP) is 6.17. The Morgan fingerprint density at radius 2 is 1.58 bits per heavy atom. The first-order valence-corrected chi connectivity index (χ1v) is 13.6. The molecule has 0 saturated carbocycles. The number of aliphatic hydroxyl groups is 1. The molecule has 1 aliphatic rings. The Hall–Kier alpha value is -2.64. The Balaban J connectivity index is 1.95. The van der Waals surface area contributed by atoms with Crippen LogP contribution in [0.25, 0.3) is 5.76 Å². The summed E-state index contributed by atoms with van der Waals surface area (Å²) in [6.45, 7) is 7.73. The number of ketones is 1. The zero-order chi connectivity index (χ0) is 26.1. The molecule has 0 radical (unpaired) electrons. The molecule has 6 nitrogen and oxygen atoms in total. The van der Waals surface area contributed by atoms with Gasteiger partial charge in [-0.2, -0.15) is 0 Å². The largest absolute Gasteiger partial charge is 0.507 e. The lowest BCUT2D eigenvalue weighted by Crippen LogP contribution is -2.34. The number of amides is 1. The topological polar surface area (TPSA) is 70.1 Å². The zero-order valence-corrected chi connectivity index (χ0v) is 23.1. The number of para-hydroxylation sites is 1. The van der Waals surface area contributed by atoms with Gasteiger partial charge in [-0.3, -0.25) is 9.59 Å². The molecular formula is C29H37BrN2O4. The minimum Gasteiger partial charge on any atom is -0.507 e. The van der Waals surface area contributed by atoms with Crippen molar-refractivity contribution in [3.8, 4) is 5.75 Å². The fourth-order valence-corrected chi connectivity index (χ4v) is 4.92. The fraction of sp³-hybridized carbons (Fsp3) is 0.448. The van der Waals surface area contributed by atoms with Crippen LogP contribution in [0, 0.1) is 0 Å². The first-order valence-electron chi connectivity index (χ1n) is 12.8. The van der Waals surface area contributed by atoms with Gasteiger partial charge in [0.25, 0.3) is 11.7 Å². The number of ether oxygens (including phenoxy) is 1. The lowest BCUT2D eigenvalue weighted by atomic mass is 9.94. The molecule has 2 aromatic rings. The molecule has 0 spiro atoms. The molecule has 1 atom stereocenters. The SMILES string of the molecule is CCCCN(CCCC)CCCN1C(=O)C(=O)/C(=C(\O)c2ccc(Br)cc2)C1c1ccccc1OC. The molecule has 1 fully saturated rings. The molecule has 0 aliphatic carbocycles. The number of halogens is 1. The van der Waals surface area contributed by atoms with E-state index in [2.05, 4.69) is 34.7 Å². The van der Waals surface area contributed by atoms with E-state index in [1.807, 2.05) is 24.3 Å². The number of likely N-dealkylation sites (tertiary alicyclic amines) is 1. The van der Waals surface area contributed by atoms with Crippen LogP contribution in [-0.2, 0) is 9.59 Å². The third kappa shape index (κ3) is 6.56. The number of Topliss-reactive ketones (excluding diaryl/α,β-unsaturated/α-hetero) is 1. The normalized spacial score (nSPS) is 17.2. The molecule has 0 bridgehead atoms. The Bertz CT molecular complexity index is 1060. The van der Waals surface area contributed by atoms with Gasteiger partial charge in [0, 0.05) is 22.1 Å². The van der Waals surface area contributed by atoms with E-state index in [9.17, 15) is 14.7 Å². The predicted molar refractivity (Wildman–Crippen MR) is 147 cm³/mol. The maximum absolute atomic E-state index is 13.3. The van der Waals surface area contributed by atoms with Crippen molar-refractivity contribution in [3.63, 3.8) is 0 Å². The van der Waals surface area contributed by atoms with E-state index >= 15 is 0 Å². The summed E-state index contributed by atoms with van der Waals surface area (Å²) in [6, 6.07) is 13.7. The average Bonchev–Trinajstić information content (AvgIpc) is 3.14. The Kier molecular flexibility index (Phi) is 10.6. The first-order chi connectivity index (χ1) is 17.4. The van der Waals surface area contributed by atoms with Crippen molar-refractivity contribution in [3.05, 3.63) is 69.7 Å².